The van der Waals surface area contributed by atoms with E-state index < -0.39 is 0 Å². The van der Waals surface area contributed by atoms with Gasteiger partial charge in [-0.05, 0) is 42.7 Å². The molecule has 5 heteroatoms. The number of hydrogen-bond acceptors (Lipinski definition) is 4. The first-order valence-electron chi connectivity index (χ1n) is 6.03. The number of anilines is 2. The number of nitrogen functional groups attached to an aromatic ring is 1. The molecule has 0 heterocycles. The molecule has 3 N–H and O–H groups in total. The number of thioether (sulfide) groups is 1. The minimum atomic E-state index is -0.180. The molecule has 20 heavy (non-hydrogen) atoms. The van der Waals surface area contributed by atoms with E-state index in [1.807, 2.05) is 18.4 Å². The normalized spacial score (nSPS) is 10.1. The third kappa shape index (κ3) is 3.24. The maximum absolute atomic E-state index is 12.2. The summed E-state index contributed by atoms with van der Waals surface area (Å²) in [6.45, 7) is 0. The van der Waals surface area contributed by atoms with Gasteiger partial charge in [-0.3, -0.25) is 4.79 Å². The van der Waals surface area contributed by atoms with Crippen LogP contribution in [0.25, 0.3) is 0 Å². The van der Waals surface area contributed by atoms with E-state index in [9.17, 15) is 4.79 Å². The molecule has 4 nitrogen and oxygen atoms in total. The molecule has 0 aliphatic heterocycles. The number of ether oxygens (including phenoxy) is 1. The second kappa shape index (κ2) is 6.34. The molecule has 0 radical (unpaired) electrons. The highest BCUT2D eigenvalue weighted by Crippen LogP contribution is 2.27. The zero-order valence-corrected chi connectivity index (χ0v) is 12.2. The molecule has 2 aromatic rings. The van der Waals surface area contributed by atoms with Crippen molar-refractivity contribution in [2.45, 2.75) is 4.90 Å². The lowest BCUT2D eigenvalue weighted by Crippen LogP contribution is -2.12. The zero-order valence-electron chi connectivity index (χ0n) is 11.3. The Bertz CT molecular complexity index is 612. The van der Waals surface area contributed by atoms with E-state index in [-0.39, 0.29) is 5.91 Å². The summed E-state index contributed by atoms with van der Waals surface area (Å²) in [5, 5.41) is 2.82. The van der Waals surface area contributed by atoms with E-state index in [2.05, 4.69) is 5.32 Å². The summed E-state index contributed by atoms with van der Waals surface area (Å²) < 4.78 is 5.20. The van der Waals surface area contributed by atoms with E-state index in [0.717, 1.165) is 4.90 Å². The molecule has 0 aliphatic carbocycles. The Morgan fingerprint density at radius 2 is 1.90 bits per heavy atom. The number of methoxy groups -OCH3 is 1. The van der Waals surface area contributed by atoms with Crippen molar-refractivity contribution in [3.8, 4) is 5.75 Å². The predicted molar refractivity (Wildman–Crippen MR) is 83.6 cm³/mol. The Balaban J connectivity index is 2.18. The van der Waals surface area contributed by atoms with Gasteiger partial charge in [0, 0.05) is 22.2 Å². The second-order valence-electron chi connectivity index (χ2n) is 4.14. The molecule has 0 aliphatic rings. The highest BCUT2D eigenvalue weighted by molar-refractivity contribution is 7.98. The fraction of sp³-hybridized carbons (Fsp3) is 0.133. The van der Waals surface area contributed by atoms with Crippen molar-refractivity contribution in [1.82, 2.24) is 0 Å². The molecule has 0 saturated heterocycles. The zero-order chi connectivity index (χ0) is 14.5. The van der Waals surface area contributed by atoms with E-state index in [1.165, 1.54) is 7.11 Å². The molecule has 0 bridgehead atoms. The number of nitrogens with one attached hydrogen (secondary N) is 1. The molecule has 0 aromatic heterocycles. The molecule has 104 valence electrons. The molecular weight excluding hydrogens is 272 g/mol. The SMILES string of the molecule is COc1cc(N)ccc1NC(=O)c1ccc(SC)cc1. The highest BCUT2D eigenvalue weighted by Gasteiger charge is 2.10. The van der Waals surface area contributed by atoms with Gasteiger partial charge in [0.2, 0.25) is 0 Å². The van der Waals surface area contributed by atoms with Gasteiger partial charge in [0.15, 0.2) is 0 Å². The fourth-order valence-corrected chi connectivity index (χ4v) is 2.16. The molecule has 0 spiro atoms. The molecular formula is C15H16N2O2S. The Morgan fingerprint density at radius 1 is 1.20 bits per heavy atom. The van der Waals surface area contributed by atoms with Crippen molar-refractivity contribution >= 4 is 29.0 Å². The lowest BCUT2D eigenvalue weighted by Gasteiger charge is -2.11. The molecule has 2 aromatic carbocycles. The van der Waals surface area contributed by atoms with Gasteiger partial charge in [0.1, 0.15) is 5.75 Å². The van der Waals surface area contributed by atoms with Gasteiger partial charge in [-0.1, -0.05) is 0 Å². The van der Waals surface area contributed by atoms with Crippen LogP contribution in [0.2, 0.25) is 0 Å². The number of rotatable bonds is 4. The number of carbonyl (C=O) groups excluding carboxylic acids is 1. The van der Waals surface area contributed by atoms with Gasteiger partial charge in [0.05, 0.1) is 12.8 Å². The maximum Gasteiger partial charge on any atom is 0.255 e. The van der Waals surface area contributed by atoms with Gasteiger partial charge >= 0.3 is 0 Å². The van der Waals surface area contributed by atoms with Crippen molar-refractivity contribution in [2.75, 3.05) is 24.4 Å². The summed E-state index contributed by atoms with van der Waals surface area (Å²) in [6, 6.07) is 12.5. The largest absolute Gasteiger partial charge is 0.494 e. The van der Waals surface area contributed by atoms with Crippen LogP contribution in [-0.2, 0) is 0 Å². The lowest BCUT2D eigenvalue weighted by molar-refractivity contribution is 0.102. The Kier molecular flexibility index (Phi) is 4.53. The molecule has 1 amide bonds. The number of benzene rings is 2. The van der Waals surface area contributed by atoms with Gasteiger partial charge in [-0.2, -0.15) is 0 Å². The summed E-state index contributed by atoms with van der Waals surface area (Å²) in [5.41, 5.74) is 7.47. The standard InChI is InChI=1S/C15H16N2O2S/c1-19-14-9-11(16)5-8-13(14)17-15(18)10-3-6-12(20-2)7-4-10/h3-9H,16H2,1-2H3,(H,17,18). The first-order chi connectivity index (χ1) is 9.63. The van der Waals surface area contributed by atoms with Crippen molar-refractivity contribution in [3.63, 3.8) is 0 Å². The van der Waals surface area contributed by atoms with Gasteiger partial charge < -0.3 is 15.8 Å². The summed E-state index contributed by atoms with van der Waals surface area (Å²) in [7, 11) is 1.54. The van der Waals surface area contributed by atoms with Crippen LogP contribution in [0.15, 0.2) is 47.4 Å². The Morgan fingerprint density at radius 3 is 2.50 bits per heavy atom. The van der Waals surface area contributed by atoms with Crippen LogP contribution < -0.4 is 15.8 Å². The van der Waals surface area contributed by atoms with Crippen molar-refractivity contribution in [3.05, 3.63) is 48.0 Å². The summed E-state index contributed by atoms with van der Waals surface area (Å²) in [4.78, 5) is 13.3. The Hall–Kier alpha value is -2.14. The number of nitrogens with two attached hydrogens (primary N) is 1. The maximum atomic E-state index is 12.2. The fourth-order valence-electron chi connectivity index (χ4n) is 1.75. The summed E-state index contributed by atoms with van der Waals surface area (Å²) in [6.07, 6.45) is 1.99. The van der Waals surface area contributed by atoms with E-state index in [1.54, 1.807) is 42.1 Å². The van der Waals surface area contributed by atoms with E-state index >= 15 is 0 Å². The van der Waals surface area contributed by atoms with Crippen LogP contribution in [0, 0.1) is 0 Å². The van der Waals surface area contributed by atoms with Crippen molar-refractivity contribution in [1.29, 1.82) is 0 Å². The van der Waals surface area contributed by atoms with Gasteiger partial charge in [-0.15, -0.1) is 11.8 Å². The molecule has 0 saturated carbocycles. The van der Waals surface area contributed by atoms with Crippen LogP contribution in [0.1, 0.15) is 10.4 Å². The molecule has 0 fully saturated rings. The lowest BCUT2D eigenvalue weighted by atomic mass is 10.2. The highest BCUT2D eigenvalue weighted by atomic mass is 32.2. The van der Waals surface area contributed by atoms with E-state index in [0.29, 0.717) is 22.7 Å². The minimum Gasteiger partial charge on any atom is -0.494 e. The molecule has 0 unspecified atom stereocenters. The third-order valence-electron chi connectivity index (χ3n) is 2.83. The minimum absolute atomic E-state index is 0.180. The van der Waals surface area contributed by atoms with Gasteiger partial charge in [-0.25, -0.2) is 0 Å². The predicted octanol–water partition coefficient (Wildman–Crippen LogP) is 3.25. The van der Waals surface area contributed by atoms with E-state index in [4.69, 9.17) is 10.5 Å². The number of carbonyl (C=O) groups is 1. The van der Waals surface area contributed by atoms with Crippen LogP contribution in [0.4, 0.5) is 11.4 Å². The topological polar surface area (TPSA) is 64.3 Å². The summed E-state index contributed by atoms with van der Waals surface area (Å²) in [5.74, 6) is 0.361. The first kappa shape index (κ1) is 14.3. The average molecular weight is 288 g/mol. The number of hydrogen-bond donors (Lipinski definition) is 2. The van der Waals surface area contributed by atoms with Crippen LogP contribution in [0.5, 0.6) is 5.75 Å². The quantitative estimate of drug-likeness (QED) is 0.669. The smallest absolute Gasteiger partial charge is 0.255 e. The van der Waals surface area contributed by atoms with Crippen molar-refractivity contribution < 1.29 is 9.53 Å². The summed E-state index contributed by atoms with van der Waals surface area (Å²) >= 11 is 1.64. The number of amides is 1. The third-order valence-corrected chi connectivity index (χ3v) is 3.57. The monoisotopic (exact) mass is 288 g/mol. The van der Waals surface area contributed by atoms with Crippen LogP contribution in [0.3, 0.4) is 0 Å². The molecule has 0 atom stereocenters. The molecule has 2 rings (SSSR count). The van der Waals surface area contributed by atoms with Crippen LogP contribution in [-0.4, -0.2) is 19.3 Å². The Labute approximate surface area is 122 Å². The second-order valence-corrected chi connectivity index (χ2v) is 5.02. The average Bonchev–Trinajstić information content (AvgIpc) is 2.49. The van der Waals surface area contributed by atoms with Crippen molar-refractivity contribution in [2.24, 2.45) is 0 Å². The van der Waals surface area contributed by atoms with Crippen LogP contribution >= 0.6 is 11.8 Å². The first-order valence-corrected chi connectivity index (χ1v) is 7.25. The van der Waals surface area contributed by atoms with Gasteiger partial charge in [0.25, 0.3) is 5.91 Å².